The summed E-state index contributed by atoms with van der Waals surface area (Å²) in [6, 6.07) is 13.3. The molecule has 0 aliphatic rings. The van der Waals surface area contributed by atoms with E-state index in [9.17, 15) is 17.6 Å². The summed E-state index contributed by atoms with van der Waals surface area (Å²) in [5, 5.41) is 2.68. The number of hydrogen-bond donors (Lipinski definition) is 1. The molecule has 2 rings (SSSR count). The van der Waals surface area contributed by atoms with E-state index < -0.39 is 28.3 Å². The second kappa shape index (κ2) is 8.19. The summed E-state index contributed by atoms with van der Waals surface area (Å²) in [7, 11) is -3.69. The lowest BCUT2D eigenvalue weighted by molar-refractivity contribution is -0.116. The third-order valence-electron chi connectivity index (χ3n) is 4.13. The van der Waals surface area contributed by atoms with Gasteiger partial charge in [0.1, 0.15) is 5.82 Å². The minimum Gasteiger partial charge on any atom is -0.325 e. The second-order valence-corrected chi connectivity index (χ2v) is 9.48. The predicted molar refractivity (Wildman–Crippen MR) is 105 cm³/mol. The van der Waals surface area contributed by atoms with Crippen molar-refractivity contribution in [3.05, 3.63) is 65.5 Å². The molecular weight excluding hydrogens is 367 g/mol. The summed E-state index contributed by atoms with van der Waals surface area (Å²) in [5.41, 5.74) is 1.91. The molecule has 2 aromatic carbocycles. The molecule has 0 aliphatic carbocycles. The monoisotopic (exact) mass is 392 g/mol. The SMILES string of the molecule is CC(C)(C)c1ccc(NC(=O)CN(Cc2ccccc2F)S(C)(=O)=O)cc1. The highest BCUT2D eigenvalue weighted by Crippen LogP contribution is 2.23. The number of carbonyl (C=O) groups is 1. The molecule has 1 N–H and O–H groups in total. The standard InChI is InChI=1S/C20H25FN2O3S/c1-20(2,3)16-9-11-17(12-10-16)22-19(24)14-23(27(4,25)26)13-15-7-5-6-8-18(15)21/h5-12H,13-14H2,1-4H3,(H,22,24). The van der Waals surface area contributed by atoms with Gasteiger partial charge < -0.3 is 5.32 Å². The third kappa shape index (κ3) is 6.15. The van der Waals surface area contributed by atoms with Crippen LogP contribution in [0, 0.1) is 5.82 Å². The van der Waals surface area contributed by atoms with Crippen molar-refractivity contribution in [2.24, 2.45) is 0 Å². The van der Waals surface area contributed by atoms with Crippen molar-refractivity contribution < 1.29 is 17.6 Å². The Morgan fingerprint density at radius 3 is 2.19 bits per heavy atom. The van der Waals surface area contributed by atoms with Gasteiger partial charge in [-0.1, -0.05) is 51.1 Å². The quantitative estimate of drug-likeness (QED) is 0.818. The van der Waals surface area contributed by atoms with Gasteiger partial charge in [0.15, 0.2) is 0 Å². The van der Waals surface area contributed by atoms with Gasteiger partial charge in [-0.25, -0.2) is 12.8 Å². The second-order valence-electron chi connectivity index (χ2n) is 7.50. The zero-order valence-electron chi connectivity index (χ0n) is 16.0. The van der Waals surface area contributed by atoms with E-state index in [1.807, 2.05) is 12.1 Å². The Morgan fingerprint density at radius 1 is 1.07 bits per heavy atom. The van der Waals surface area contributed by atoms with Crippen molar-refractivity contribution in [2.45, 2.75) is 32.7 Å². The molecule has 0 aromatic heterocycles. The van der Waals surface area contributed by atoms with Crippen LogP contribution in [0.3, 0.4) is 0 Å². The first-order valence-corrected chi connectivity index (χ1v) is 10.4. The number of halogens is 1. The summed E-state index contributed by atoms with van der Waals surface area (Å²) in [6.45, 7) is 5.67. The highest BCUT2D eigenvalue weighted by molar-refractivity contribution is 7.88. The van der Waals surface area contributed by atoms with E-state index >= 15 is 0 Å². The first kappa shape index (κ1) is 21.1. The van der Waals surface area contributed by atoms with E-state index in [0.29, 0.717) is 5.69 Å². The fraction of sp³-hybridized carbons (Fsp3) is 0.350. The average molecular weight is 392 g/mol. The molecule has 0 atom stereocenters. The summed E-state index contributed by atoms with van der Waals surface area (Å²) in [6.07, 6.45) is 0.999. The van der Waals surface area contributed by atoms with Gasteiger partial charge in [-0.2, -0.15) is 4.31 Å². The largest absolute Gasteiger partial charge is 0.325 e. The molecule has 0 bridgehead atoms. The smallest absolute Gasteiger partial charge is 0.239 e. The lowest BCUT2D eigenvalue weighted by Gasteiger charge is -2.21. The lowest BCUT2D eigenvalue weighted by atomic mass is 9.87. The molecule has 0 unspecified atom stereocenters. The third-order valence-corrected chi connectivity index (χ3v) is 5.32. The summed E-state index contributed by atoms with van der Waals surface area (Å²) >= 11 is 0. The molecule has 146 valence electrons. The molecule has 2 aromatic rings. The van der Waals surface area contributed by atoms with Gasteiger partial charge in [-0.05, 0) is 29.2 Å². The van der Waals surface area contributed by atoms with Gasteiger partial charge >= 0.3 is 0 Å². The van der Waals surface area contributed by atoms with Gasteiger partial charge in [-0.3, -0.25) is 4.79 Å². The molecule has 0 heterocycles. The molecule has 0 radical (unpaired) electrons. The number of nitrogens with zero attached hydrogens (tertiary/aromatic N) is 1. The molecule has 1 amide bonds. The Labute approximate surface area is 160 Å². The molecule has 0 spiro atoms. The number of benzene rings is 2. The van der Waals surface area contributed by atoms with E-state index in [4.69, 9.17) is 0 Å². The molecule has 0 fully saturated rings. The van der Waals surface area contributed by atoms with Crippen LogP contribution in [0.15, 0.2) is 48.5 Å². The van der Waals surface area contributed by atoms with Crippen LogP contribution in [-0.2, 0) is 26.8 Å². The maximum Gasteiger partial charge on any atom is 0.239 e. The van der Waals surface area contributed by atoms with Crippen molar-refractivity contribution in [1.29, 1.82) is 0 Å². The van der Waals surface area contributed by atoms with Crippen molar-refractivity contribution in [2.75, 3.05) is 18.1 Å². The molecule has 0 saturated heterocycles. The van der Waals surface area contributed by atoms with Crippen LogP contribution in [0.1, 0.15) is 31.9 Å². The topological polar surface area (TPSA) is 66.5 Å². The highest BCUT2D eigenvalue weighted by Gasteiger charge is 2.22. The van der Waals surface area contributed by atoms with Crippen LogP contribution in [0.5, 0.6) is 0 Å². The van der Waals surface area contributed by atoms with Crippen LogP contribution in [0.4, 0.5) is 10.1 Å². The Bertz CT molecular complexity index is 904. The summed E-state index contributed by atoms with van der Waals surface area (Å²) in [4.78, 5) is 12.3. The van der Waals surface area contributed by atoms with Gasteiger partial charge in [0.2, 0.25) is 15.9 Å². The first-order valence-electron chi connectivity index (χ1n) is 8.56. The van der Waals surface area contributed by atoms with E-state index in [2.05, 4.69) is 26.1 Å². The van der Waals surface area contributed by atoms with Crippen LogP contribution < -0.4 is 5.32 Å². The molecular formula is C20H25FN2O3S. The van der Waals surface area contributed by atoms with Crippen molar-refractivity contribution in [1.82, 2.24) is 4.31 Å². The number of nitrogens with one attached hydrogen (secondary N) is 1. The molecule has 5 nitrogen and oxygen atoms in total. The van der Waals surface area contributed by atoms with Crippen molar-refractivity contribution in [3.8, 4) is 0 Å². The van der Waals surface area contributed by atoms with Crippen LogP contribution in [0.2, 0.25) is 0 Å². The van der Waals surface area contributed by atoms with E-state index in [1.54, 1.807) is 18.2 Å². The van der Waals surface area contributed by atoms with Gasteiger partial charge in [0, 0.05) is 17.8 Å². The molecule has 27 heavy (non-hydrogen) atoms. The predicted octanol–water partition coefficient (Wildman–Crippen LogP) is 3.52. The van der Waals surface area contributed by atoms with E-state index in [0.717, 1.165) is 16.1 Å². The molecule has 0 aliphatic heterocycles. The van der Waals surface area contributed by atoms with E-state index in [1.165, 1.54) is 18.2 Å². The zero-order chi connectivity index (χ0) is 20.2. The Hall–Kier alpha value is -2.25. The van der Waals surface area contributed by atoms with Crippen LogP contribution in [0.25, 0.3) is 0 Å². The minimum atomic E-state index is -3.69. The van der Waals surface area contributed by atoms with Crippen molar-refractivity contribution in [3.63, 3.8) is 0 Å². The number of anilines is 1. The lowest BCUT2D eigenvalue weighted by Crippen LogP contribution is -2.37. The van der Waals surface area contributed by atoms with Crippen LogP contribution in [-0.4, -0.2) is 31.4 Å². The number of hydrogen-bond acceptors (Lipinski definition) is 3. The number of carbonyl (C=O) groups excluding carboxylic acids is 1. The maximum atomic E-state index is 13.8. The van der Waals surface area contributed by atoms with Gasteiger partial charge in [-0.15, -0.1) is 0 Å². The average Bonchev–Trinajstić information content (AvgIpc) is 2.55. The molecule has 7 heteroatoms. The maximum absolute atomic E-state index is 13.8. The Balaban J connectivity index is 2.09. The van der Waals surface area contributed by atoms with Crippen molar-refractivity contribution >= 4 is 21.6 Å². The van der Waals surface area contributed by atoms with E-state index in [-0.39, 0.29) is 17.5 Å². The Kier molecular flexibility index (Phi) is 6.38. The van der Waals surface area contributed by atoms with Gasteiger partial charge in [0.05, 0.1) is 12.8 Å². The fourth-order valence-electron chi connectivity index (χ4n) is 2.52. The summed E-state index contributed by atoms with van der Waals surface area (Å²) < 4.78 is 38.8. The number of amides is 1. The minimum absolute atomic E-state index is 0.00458. The zero-order valence-corrected chi connectivity index (χ0v) is 16.8. The molecule has 0 saturated carbocycles. The Morgan fingerprint density at radius 2 is 1.67 bits per heavy atom. The number of rotatable bonds is 6. The fourth-order valence-corrected chi connectivity index (χ4v) is 3.25. The highest BCUT2D eigenvalue weighted by atomic mass is 32.2. The first-order chi connectivity index (χ1) is 12.5. The summed E-state index contributed by atoms with van der Waals surface area (Å²) in [5.74, 6) is -0.996. The normalized spacial score (nSPS) is 12.2. The van der Waals surface area contributed by atoms with Gasteiger partial charge in [0.25, 0.3) is 0 Å². The van der Waals surface area contributed by atoms with Crippen LogP contribution >= 0.6 is 0 Å². The number of sulfonamides is 1.